The van der Waals surface area contributed by atoms with E-state index in [1.807, 2.05) is 37.3 Å². The summed E-state index contributed by atoms with van der Waals surface area (Å²) in [6.07, 6.45) is 1.96. The first-order valence-corrected chi connectivity index (χ1v) is 7.94. The molecular weight excluding hydrogens is 377 g/mol. The van der Waals surface area contributed by atoms with Crippen LogP contribution in [0.2, 0.25) is 0 Å². The first-order chi connectivity index (χ1) is 11.6. The lowest BCUT2D eigenvalue weighted by molar-refractivity contribution is -0.121. The molecule has 0 aliphatic rings. The normalized spacial score (nSPS) is 10.7. The van der Waals surface area contributed by atoms with Gasteiger partial charge in [0.05, 0.1) is 6.61 Å². The van der Waals surface area contributed by atoms with E-state index < -0.39 is 0 Å². The molecule has 1 atom stereocenters. The molecule has 8 heteroatoms. The van der Waals surface area contributed by atoms with E-state index in [1.165, 1.54) is 0 Å². The van der Waals surface area contributed by atoms with E-state index >= 15 is 0 Å². The van der Waals surface area contributed by atoms with E-state index in [4.69, 9.17) is 15.2 Å². The molecule has 1 amide bonds. The van der Waals surface area contributed by atoms with Crippen molar-refractivity contribution in [2.75, 3.05) is 6.61 Å². The number of nitrogens with two attached hydrogens (primary N) is 1. The average molecular weight is 402 g/mol. The second kappa shape index (κ2) is 12.4. The predicted octanol–water partition coefficient (Wildman–Crippen LogP) is 3.47. The number of hydrogen-bond donors (Lipinski definition) is 2. The van der Waals surface area contributed by atoms with Gasteiger partial charge in [-0.3, -0.25) is 4.79 Å². The minimum Gasteiger partial charge on any atom is -0.494 e. The molecule has 1 aromatic carbocycles. The molecule has 0 spiro atoms. The molecule has 0 radical (unpaired) electrons. The van der Waals surface area contributed by atoms with Gasteiger partial charge < -0.3 is 20.5 Å². The number of nitrogens with one attached hydrogen (secondary N) is 1. The van der Waals surface area contributed by atoms with Crippen LogP contribution in [0.3, 0.4) is 0 Å². The van der Waals surface area contributed by atoms with E-state index in [1.54, 1.807) is 19.2 Å². The first-order valence-electron chi connectivity index (χ1n) is 7.94. The smallest absolute Gasteiger partial charge is 0.221 e. The van der Waals surface area contributed by atoms with Crippen LogP contribution >= 0.6 is 24.8 Å². The Balaban J connectivity index is 0.00000312. The summed E-state index contributed by atoms with van der Waals surface area (Å²) >= 11 is 0. The Morgan fingerprint density at radius 2 is 1.85 bits per heavy atom. The largest absolute Gasteiger partial charge is 0.494 e. The quantitative estimate of drug-likeness (QED) is 0.706. The van der Waals surface area contributed by atoms with Gasteiger partial charge in [0, 0.05) is 31.3 Å². The third-order valence-electron chi connectivity index (χ3n) is 3.15. The van der Waals surface area contributed by atoms with Crippen molar-refractivity contribution in [3.05, 3.63) is 48.2 Å². The monoisotopic (exact) mass is 401 g/mol. The molecule has 0 saturated carbocycles. The number of aromatic nitrogens is 1. The number of benzene rings is 1. The van der Waals surface area contributed by atoms with Gasteiger partial charge >= 0.3 is 0 Å². The zero-order chi connectivity index (χ0) is 17.4. The highest BCUT2D eigenvalue weighted by Gasteiger charge is 2.06. The third kappa shape index (κ3) is 8.38. The number of carbonyl (C=O) groups is 1. The number of rotatable bonds is 8. The molecule has 6 nitrogen and oxygen atoms in total. The van der Waals surface area contributed by atoms with Gasteiger partial charge in [0.15, 0.2) is 0 Å². The van der Waals surface area contributed by atoms with E-state index in [9.17, 15) is 4.79 Å². The Hall–Kier alpha value is -2.02. The van der Waals surface area contributed by atoms with Crippen molar-refractivity contribution < 1.29 is 14.3 Å². The summed E-state index contributed by atoms with van der Waals surface area (Å²) < 4.78 is 11.1. The molecular formula is C18H25Cl2N3O3. The summed E-state index contributed by atoms with van der Waals surface area (Å²) in [5.74, 6) is 1.86. The maximum absolute atomic E-state index is 11.6. The Labute approximate surface area is 166 Å². The number of pyridine rings is 1. The van der Waals surface area contributed by atoms with Crippen molar-refractivity contribution in [1.29, 1.82) is 0 Å². The van der Waals surface area contributed by atoms with Crippen LogP contribution in [0.1, 0.15) is 25.8 Å². The molecule has 0 fully saturated rings. The maximum Gasteiger partial charge on any atom is 0.221 e. The Kier molecular flexibility index (Phi) is 11.4. The van der Waals surface area contributed by atoms with Crippen LogP contribution in [0.5, 0.6) is 17.4 Å². The summed E-state index contributed by atoms with van der Waals surface area (Å²) in [6, 6.07) is 10.8. The summed E-state index contributed by atoms with van der Waals surface area (Å²) in [5, 5.41) is 2.82. The molecule has 2 rings (SSSR count). The van der Waals surface area contributed by atoms with Gasteiger partial charge in [-0.1, -0.05) is 0 Å². The van der Waals surface area contributed by atoms with Crippen LogP contribution in [0.15, 0.2) is 42.6 Å². The number of halogens is 2. The second-order valence-electron chi connectivity index (χ2n) is 5.47. The molecule has 0 aliphatic carbocycles. The van der Waals surface area contributed by atoms with Crippen molar-refractivity contribution in [2.45, 2.75) is 32.9 Å². The predicted molar refractivity (Wildman–Crippen MR) is 107 cm³/mol. The first kappa shape index (κ1) is 24.0. The Bertz CT molecular complexity index is 667. The fraction of sp³-hybridized carbons (Fsp3) is 0.333. The lowest BCUT2D eigenvalue weighted by atomic mass is 10.2. The van der Waals surface area contributed by atoms with Crippen molar-refractivity contribution in [2.24, 2.45) is 5.73 Å². The van der Waals surface area contributed by atoms with Gasteiger partial charge in [0.25, 0.3) is 0 Å². The van der Waals surface area contributed by atoms with Crippen LogP contribution in [0.4, 0.5) is 0 Å². The fourth-order valence-electron chi connectivity index (χ4n) is 2.07. The minimum atomic E-state index is -0.152. The van der Waals surface area contributed by atoms with E-state index in [0.29, 0.717) is 31.2 Å². The van der Waals surface area contributed by atoms with Crippen LogP contribution < -0.4 is 20.5 Å². The number of carbonyl (C=O) groups excluding carboxylic acids is 1. The van der Waals surface area contributed by atoms with Crippen LogP contribution in [-0.2, 0) is 11.3 Å². The standard InChI is InChI=1S/C18H23N3O3.2ClH/c1-3-23-15-4-6-16(7-5-15)24-18-11-14(8-9-20-18)12-21-17(22)10-13(2)19;;/h4-9,11,13H,3,10,12,19H2,1-2H3,(H,21,22);2*1H. The molecule has 144 valence electrons. The molecule has 0 bridgehead atoms. The highest BCUT2D eigenvalue weighted by molar-refractivity contribution is 5.85. The van der Waals surface area contributed by atoms with Crippen molar-refractivity contribution in [3.8, 4) is 17.4 Å². The van der Waals surface area contributed by atoms with Gasteiger partial charge in [-0.2, -0.15) is 0 Å². The number of ether oxygens (including phenoxy) is 2. The number of nitrogens with zero attached hydrogens (tertiary/aromatic N) is 1. The van der Waals surface area contributed by atoms with E-state index in [-0.39, 0.29) is 36.8 Å². The van der Waals surface area contributed by atoms with Crippen molar-refractivity contribution in [3.63, 3.8) is 0 Å². The van der Waals surface area contributed by atoms with Crippen LogP contribution in [-0.4, -0.2) is 23.5 Å². The average Bonchev–Trinajstić information content (AvgIpc) is 2.55. The minimum absolute atomic E-state index is 0. The SMILES string of the molecule is CCOc1ccc(Oc2cc(CNC(=O)CC(C)N)ccn2)cc1.Cl.Cl. The third-order valence-corrected chi connectivity index (χ3v) is 3.15. The van der Waals surface area contributed by atoms with Crippen molar-refractivity contribution in [1.82, 2.24) is 10.3 Å². The lowest BCUT2D eigenvalue weighted by Gasteiger charge is -2.09. The van der Waals surface area contributed by atoms with Crippen LogP contribution in [0, 0.1) is 0 Å². The summed E-state index contributed by atoms with van der Waals surface area (Å²) in [5.41, 5.74) is 6.51. The number of hydrogen-bond acceptors (Lipinski definition) is 5. The zero-order valence-electron chi connectivity index (χ0n) is 14.8. The van der Waals surface area contributed by atoms with E-state index in [0.717, 1.165) is 11.3 Å². The summed E-state index contributed by atoms with van der Waals surface area (Å²) in [4.78, 5) is 15.8. The van der Waals surface area contributed by atoms with Gasteiger partial charge in [-0.15, -0.1) is 24.8 Å². The molecule has 0 saturated heterocycles. The number of amides is 1. The molecule has 3 N–H and O–H groups in total. The highest BCUT2D eigenvalue weighted by atomic mass is 35.5. The lowest BCUT2D eigenvalue weighted by Crippen LogP contribution is -2.29. The van der Waals surface area contributed by atoms with Crippen LogP contribution in [0.25, 0.3) is 0 Å². The van der Waals surface area contributed by atoms with Gasteiger partial charge in [-0.05, 0) is 49.7 Å². The molecule has 0 aliphatic heterocycles. The van der Waals surface area contributed by atoms with Gasteiger partial charge in [-0.25, -0.2) is 4.98 Å². The molecule has 26 heavy (non-hydrogen) atoms. The molecule has 1 unspecified atom stereocenters. The topological polar surface area (TPSA) is 86.5 Å². The maximum atomic E-state index is 11.6. The molecule has 1 aromatic heterocycles. The van der Waals surface area contributed by atoms with Crippen molar-refractivity contribution >= 4 is 30.7 Å². The van der Waals surface area contributed by atoms with E-state index in [2.05, 4.69) is 10.3 Å². The fourth-order valence-corrected chi connectivity index (χ4v) is 2.07. The summed E-state index contributed by atoms with van der Waals surface area (Å²) in [6.45, 7) is 4.77. The Morgan fingerprint density at radius 1 is 1.19 bits per heavy atom. The molecule has 1 heterocycles. The summed E-state index contributed by atoms with van der Waals surface area (Å²) in [7, 11) is 0. The zero-order valence-corrected chi connectivity index (χ0v) is 16.4. The highest BCUT2D eigenvalue weighted by Crippen LogP contribution is 2.23. The second-order valence-corrected chi connectivity index (χ2v) is 5.47. The van der Waals surface area contributed by atoms with Gasteiger partial charge in [0.2, 0.25) is 11.8 Å². The molecule has 2 aromatic rings. The van der Waals surface area contributed by atoms with Gasteiger partial charge in [0.1, 0.15) is 11.5 Å². The Morgan fingerprint density at radius 3 is 2.46 bits per heavy atom.